The molecule has 8 nitrogen and oxygen atoms in total. The molecule has 152 valence electrons. The van der Waals surface area contributed by atoms with Crippen LogP contribution in [0.2, 0.25) is 0 Å². The molecule has 1 aromatic carbocycles. The van der Waals surface area contributed by atoms with Crippen molar-refractivity contribution in [1.29, 1.82) is 0 Å². The van der Waals surface area contributed by atoms with E-state index in [9.17, 15) is 4.79 Å². The molecular weight excluding hydrogens is 400 g/mol. The summed E-state index contributed by atoms with van der Waals surface area (Å²) in [6.45, 7) is 3.80. The number of hydrogen-bond donors (Lipinski definition) is 1. The molecule has 4 rings (SSSR count). The van der Waals surface area contributed by atoms with E-state index in [1.54, 1.807) is 29.3 Å². The summed E-state index contributed by atoms with van der Waals surface area (Å²) in [6.07, 6.45) is 4.81. The molecule has 3 heterocycles. The van der Waals surface area contributed by atoms with Gasteiger partial charge < -0.3 is 9.84 Å². The molecule has 0 spiro atoms. The van der Waals surface area contributed by atoms with Gasteiger partial charge in [0.1, 0.15) is 23.4 Å². The van der Waals surface area contributed by atoms with Gasteiger partial charge in [0.05, 0.1) is 23.0 Å². The van der Waals surface area contributed by atoms with Crippen molar-refractivity contribution in [2.75, 3.05) is 0 Å². The first-order valence-corrected chi connectivity index (χ1v) is 10.3. The second kappa shape index (κ2) is 8.91. The minimum atomic E-state index is -0.171. The predicted octanol–water partition coefficient (Wildman–Crippen LogP) is 3.74. The van der Waals surface area contributed by atoms with E-state index in [1.165, 1.54) is 18.1 Å². The van der Waals surface area contributed by atoms with E-state index >= 15 is 0 Å². The maximum absolute atomic E-state index is 12.9. The Kier molecular flexibility index (Phi) is 5.89. The van der Waals surface area contributed by atoms with E-state index < -0.39 is 0 Å². The van der Waals surface area contributed by atoms with Gasteiger partial charge in [-0.25, -0.2) is 14.6 Å². The van der Waals surface area contributed by atoms with Gasteiger partial charge in [0, 0.05) is 18.0 Å². The summed E-state index contributed by atoms with van der Waals surface area (Å²) in [5.41, 5.74) is 3.25. The van der Waals surface area contributed by atoms with E-state index in [0.29, 0.717) is 16.3 Å². The Morgan fingerprint density at radius 2 is 2.10 bits per heavy atom. The van der Waals surface area contributed by atoms with Crippen molar-refractivity contribution < 1.29 is 9.32 Å². The number of aromatic nitrogens is 5. The second-order valence-corrected chi connectivity index (χ2v) is 7.66. The molecule has 3 aromatic heterocycles. The van der Waals surface area contributed by atoms with E-state index in [4.69, 9.17) is 4.52 Å². The number of hydrogen-bond acceptors (Lipinski definition) is 7. The number of carbonyl (C=O) groups is 1. The molecule has 30 heavy (non-hydrogen) atoms. The molecule has 0 saturated carbocycles. The van der Waals surface area contributed by atoms with Gasteiger partial charge in [-0.15, -0.1) is 0 Å². The molecule has 4 aromatic rings. The van der Waals surface area contributed by atoms with Crippen molar-refractivity contribution in [3.8, 4) is 5.69 Å². The molecule has 0 aliphatic rings. The lowest BCUT2D eigenvalue weighted by Gasteiger charge is -2.16. The number of pyridine rings is 1. The number of amides is 1. The number of carbonyl (C=O) groups excluding carboxylic acids is 1. The smallest absolute Gasteiger partial charge is 0.254 e. The van der Waals surface area contributed by atoms with Crippen LogP contribution in [0.15, 0.2) is 70.9 Å². The topological polar surface area (TPSA) is 98.7 Å². The number of benzene rings is 1. The summed E-state index contributed by atoms with van der Waals surface area (Å²) in [4.78, 5) is 21.2. The second-order valence-electron chi connectivity index (χ2n) is 6.70. The number of nitrogens with zero attached hydrogens (tertiary/aromatic N) is 5. The zero-order chi connectivity index (χ0) is 20.9. The van der Waals surface area contributed by atoms with Gasteiger partial charge in [-0.05, 0) is 43.7 Å². The lowest BCUT2D eigenvalue weighted by atomic mass is 10.1. The summed E-state index contributed by atoms with van der Waals surface area (Å²) in [5, 5.41) is 11.8. The van der Waals surface area contributed by atoms with Crippen LogP contribution in [0.1, 0.15) is 40.3 Å². The summed E-state index contributed by atoms with van der Waals surface area (Å²) in [6, 6.07) is 13.1. The first kappa shape index (κ1) is 19.8. The molecule has 1 amide bonds. The average molecular weight is 420 g/mol. The first-order valence-electron chi connectivity index (χ1n) is 9.36. The fourth-order valence-electron chi connectivity index (χ4n) is 2.92. The van der Waals surface area contributed by atoms with Crippen LogP contribution in [0.25, 0.3) is 5.69 Å². The molecule has 1 unspecified atom stereocenters. The maximum Gasteiger partial charge on any atom is 0.254 e. The van der Waals surface area contributed by atoms with Crippen LogP contribution in [0.5, 0.6) is 0 Å². The molecule has 1 N–H and O–H groups in total. The molecular formula is C21H20N6O2S. The standard InChI is InChI=1S/C21H20N6O2S/c1-14-10-17(26-29-14)11-30-21-19(4-3-9-23-21)20(28)25-15(2)16-5-7-18(8-6-16)27-13-22-12-24-27/h3-10,12-13,15H,11H2,1-2H3,(H,25,28). The molecule has 0 bridgehead atoms. The fourth-order valence-corrected chi connectivity index (χ4v) is 3.79. The van der Waals surface area contributed by atoms with Gasteiger partial charge in [0.2, 0.25) is 0 Å². The molecule has 0 fully saturated rings. The molecule has 0 aliphatic heterocycles. The van der Waals surface area contributed by atoms with Crippen LogP contribution in [0.4, 0.5) is 0 Å². The van der Waals surface area contributed by atoms with Crippen molar-refractivity contribution in [3.63, 3.8) is 0 Å². The highest BCUT2D eigenvalue weighted by molar-refractivity contribution is 7.98. The zero-order valence-corrected chi connectivity index (χ0v) is 17.3. The average Bonchev–Trinajstić information content (AvgIpc) is 3.44. The highest BCUT2D eigenvalue weighted by atomic mass is 32.2. The van der Waals surface area contributed by atoms with Crippen LogP contribution < -0.4 is 5.32 Å². The number of nitrogens with one attached hydrogen (secondary N) is 1. The number of aryl methyl sites for hydroxylation is 1. The van der Waals surface area contributed by atoms with Gasteiger partial charge in [-0.3, -0.25) is 4.79 Å². The van der Waals surface area contributed by atoms with Crippen LogP contribution in [-0.4, -0.2) is 30.8 Å². The third-order valence-corrected chi connectivity index (χ3v) is 5.51. The first-order chi connectivity index (χ1) is 14.6. The van der Waals surface area contributed by atoms with Crippen LogP contribution in [0, 0.1) is 6.92 Å². The molecule has 1 atom stereocenters. The van der Waals surface area contributed by atoms with Crippen LogP contribution in [0.3, 0.4) is 0 Å². The zero-order valence-electron chi connectivity index (χ0n) is 16.5. The molecule has 0 radical (unpaired) electrons. The van der Waals surface area contributed by atoms with E-state index in [1.807, 2.05) is 44.2 Å². The molecule has 0 aliphatic carbocycles. The van der Waals surface area contributed by atoms with Crippen molar-refractivity contribution in [2.45, 2.75) is 30.7 Å². The van der Waals surface area contributed by atoms with Crippen molar-refractivity contribution in [1.82, 2.24) is 30.2 Å². The summed E-state index contributed by atoms with van der Waals surface area (Å²) >= 11 is 1.46. The maximum atomic E-state index is 12.9. The Balaban J connectivity index is 1.43. The third-order valence-electron chi connectivity index (χ3n) is 4.47. The van der Waals surface area contributed by atoms with Crippen molar-refractivity contribution >= 4 is 17.7 Å². The highest BCUT2D eigenvalue weighted by Crippen LogP contribution is 2.25. The lowest BCUT2D eigenvalue weighted by Crippen LogP contribution is -2.27. The van der Waals surface area contributed by atoms with Gasteiger partial charge in [0.15, 0.2) is 0 Å². The van der Waals surface area contributed by atoms with Crippen molar-refractivity contribution in [2.24, 2.45) is 0 Å². The Labute approximate surface area is 177 Å². The predicted molar refractivity (Wildman–Crippen MR) is 112 cm³/mol. The Bertz CT molecular complexity index is 1120. The van der Waals surface area contributed by atoms with Crippen LogP contribution in [-0.2, 0) is 5.75 Å². The lowest BCUT2D eigenvalue weighted by molar-refractivity contribution is 0.0936. The minimum absolute atomic E-state index is 0.168. The normalized spacial score (nSPS) is 11.9. The summed E-state index contributed by atoms with van der Waals surface area (Å²) < 4.78 is 6.78. The Morgan fingerprint density at radius 1 is 1.27 bits per heavy atom. The van der Waals surface area contributed by atoms with Crippen LogP contribution >= 0.6 is 11.8 Å². The van der Waals surface area contributed by atoms with Gasteiger partial charge in [-0.2, -0.15) is 5.10 Å². The summed E-state index contributed by atoms with van der Waals surface area (Å²) in [7, 11) is 0. The Hall–Kier alpha value is -3.46. The van der Waals surface area contributed by atoms with Gasteiger partial charge in [0.25, 0.3) is 5.91 Å². The monoisotopic (exact) mass is 420 g/mol. The fraction of sp³-hybridized carbons (Fsp3) is 0.190. The minimum Gasteiger partial charge on any atom is -0.361 e. The SMILES string of the molecule is Cc1cc(CSc2ncccc2C(=O)NC(C)c2ccc(-n3cncn3)cc2)no1. The van der Waals surface area contributed by atoms with E-state index in [-0.39, 0.29) is 11.9 Å². The highest BCUT2D eigenvalue weighted by Gasteiger charge is 2.16. The van der Waals surface area contributed by atoms with E-state index in [0.717, 1.165) is 22.7 Å². The molecule has 9 heteroatoms. The van der Waals surface area contributed by atoms with E-state index in [2.05, 4.69) is 25.5 Å². The van der Waals surface area contributed by atoms with Gasteiger partial charge in [-0.1, -0.05) is 29.1 Å². The quantitative estimate of drug-likeness (QED) is 0.455. The third kappa shape index (κ3) is 4.57. The number of thioether (sulfide) groups is 1. The van der Waals surface area contributed by atoms with Crippen molar-refractivity contribution in [3.05, 3.63) is 83.9 Å². The summed E-state index contributed by atoms with van der Waals surface area (Å²) in [5.74, 6) is 1.16. The largest absolute Gasteiger partial charge is 0.361 e. The van der Waals surface area contributed by atoms with Gasteiger partial charge >= 0.3 is 0 Å². The Morgan fingerprint density at radius 3 is 2.80 bits per heavy atom. The molecule has 0 saturated heterocycles. The number of rotatable bonds is 7.